The van der Waals surface area contributed by atoms with Gasteiger partial charge in [-0.3, -0.25) is 9.59 Å². The number of allylic oxidation sites excluding steroid dienone is 3. The first-order valence-corrected chi connectivity index (χ1v) is 12.2. The minimum absolute atomic E-state index is 0.179. The highest BCUT2D eigenvalue weighted by atomic mass is 19.4. The summed E-state index contributed by atoms with van der Waals surface area (Å²) in [5.74, 6) is 0.887. The van der Waals surface area contributed by atoms with Crippen molar-refractivity contribution < 1.29 is 32.2 Å². The number of amides is 2. The van der Waals surface area contributed by atoms with Gasteiger partial charge >= 0.3 is 6.18 Å². The number of rotatable bonds is 6. The zero-order chi connectivity index (χ0) is 26.2. The minimum Gasteiger partial charge on any atom is -0.479 e. The highest BCUT2D eigenvalue weighted by Crippen LogP contribution is 2.42. The Morgan fingerprint density at radius 2 is 1.92 bits per heavy atom. The van der Waals surface area contributed by atoms with Crippen molar-refractivity contribution in [2.75, 3.05) is 39.8 Å². The van der Waals surface area contributed by atoms with E-state index in [0.29, 0.717) is 31.8 Å². The number of pyridine rings is 1. The molecule has 12 heteroatoms. The molecule has 0 aliphatic carbocycles. The average molecular weight is 520 g/mol. The van der Waals surface area contributed by atoms with Gasteiger partial charge in [-0.15, -0.1) is 0 Å². The second-order valence-corrected chi connectivity index (χ2v) is 9.76. The van der Waals surface area contributed by atoms with E-state index in [1.807, 2.05) is 13.1 Å². The van der Waals surface area contributed by atoms with E-state index in [1.165, 1.54) is 18.3 Å². The topological polar surface area (TPSA) is 87.6 Å². The molecule has 1 spiro atoms. The predicted octanol–water partition coefficient (Wildman–Crippen LogP) is 2.76. The summed E-state index contributed by atoms with van der Waals surface area (Å²) in [6.45, 7) is 1.12. The van der Waals surface area contributed by atoms with Crippen LogP contribution in [0.3, 0.4) is 0 Å². The number of alkyl halides is 3. The van der Waals surface area contributed by atoms with E-state index in [9.17, 15) is 22.8 Å². The number of hydrogen-bond donors (Lipinski definition) is 0. The zero-order valence-corrected chi connectivity index (χ0v) is 20.4. The van der Waals surface area contributed by atoms with Crippen molar-refractivity contribution in [1.29, 1.82) is 0 Å². The monoisotopic (exact) mass is 519 g/mol. The fourth-order valence-electron chi connectivity index (χ4n) is 5.07. The minimum atomic E-state index is -4.45. The predicted molar refractivity (Wildman–Crippen MR) is 127 cm³/mol. The lowest BCUT2D eigenvalue weighted by Crippen LogP contribution is -2.58. The van der Waals surface area contributed by atoms with Gasteiger partial charge in [0.2, 0.25) is 11.8 Å². The van der Waals surface area contributed by atoms with E-state index >= 15 is 0 Å². The number of hydrogen-bond acceptors (Lipinski definition) is 7. The molecule has 1 atom stereocenters. The third kappa shape index (κ3) is 5.28. The molecule has 9 nitrogen and oxygen atoms in total. The van der Waals surface area contributed by atoms with Crippen LogP contribution in [0.1, 0.15) is 25.7 Å². The molecule has 198 valence electrons. The number of aliphatic imine (C=N–C) groups is 1. The lowest BCUT2D eigenvalue weighted by Gasteiger charge is -2.47. The maximum atomic E-state index is 13.1. The van der Waals surface area contributed by atoms with E-state index in [1.54, 1.807) is 16.0 Å². The van der Waals surface area contributed by atoms with Crippen LogP contribution in [0.4, 0.5) is 13.2 Å². The molecule has 0 aromatic carbocycles. The summed E-state index contributed by atoms with van der Waals surface area (Å²) in [7, 11) is 1.84. The van der Waals surface area contributed by atoms with E-state index < -0.39 is 18.9 Å². The van der Waals surface area contributed by atoms with Gasteiger partial charge in [0.1, 0.15) is 11.6 Å². The molecule has 37 heavy (non-hydrogen) atoms. The smallest absolute Gasteiger partial charge is 0.422 e. The normalized spacial score (nSPS) is 23.6. The van der Waals surface area contributed by atoms with Crippen molar-refractivity contribution in [3.63, 3.8) is 0 Å². The summed E-state index contributed by atoms with van der Waals surface area (Å²) in [6.07, 6.45) is 4.59. The Kier molecular flexibility index (Phi) is 6.59. The third-order valence-corrected chi connectivity index (χ3v) is 7.05. The summed E-state index contributed by atoms with van der Waals surface area (Å²) in [6, 6.07) is 2.70. The maximum absolute atomic E-state index is 13.1. The number of carbonyl (C=O) groups is 2. The van der Waals surface area contributed by atoms with Crippen LogP contribution in [0, 0.1) is 5.41 Å². The largest absolute Gasteiger partial charge is 0.479 e. The van der Waals surface area contributed by atoms with Crippen molar-refractivity contribution >= 4 is 18.0 Å². The van der Waals surface area contributed by atoms with E-state index in [-0.39, 0.29) is 28.9 Å². The molecule has 1 aromatic heterocycles. The second kappa shape index (κ2) is 9.71. The van der Waals surface area contributed by atoms with Crippen LogP contribution in [0.5, 0.6) is 11.6 Å². The Labute approximate surface area is 212 Å². The number of halogens is 3. The van der Waals surface area contributed by atoms with Crippen molar-refractivity contribution in [2.45, 2.75) is 38.0 Å². The van der Waals surface area contributed by atoms with Crippen molar-refractivity contribution in [3.05, 3.63) is 42.0 Å². The van der Waals surface area contributed by atoms with Gasteiger partial charge < -0.3 is 24.2 Å². The molecule has 4 aliphatic heterocycles. The summed E-state index contributed by atoms with van der Waals surface area (Å²) in [5, 5.41) is 0. The Bertz CT molecular complexity index is 1140. The molecule has 0 radical (unpaired) electrons. The molecule has 3 saturated heterocycles. The van der Waals surface area contributed by atoms with Crippen LogP contribution in [0.25, 0.3) is 0 Å². The molecule has 0 saturated carbocycles. The third-order valence-electron chi connectivity index (χ3n) is 7.05. The first-order valence-electron chi connectivity index (χ1n) is 12.2. The average Bonchev–Trinajstić information content (AvgIpc) is 3.32. The molecule has 0 unspecified atom stereocenters. The molecule has 2 amide bonds. The highest BCUT2D eigenvalue weighted by Gasteiger charge is 2.54. The van der Waals surface area contributed by atoms with Gasteiger partial charge in [0, 0.05) is 45.7 Å². The molecule has 0 bridgehead atoms. The van der Waals surface area contributed by atoms with Crippen molar-refractivity contribution in [2.24, 2.45) is 10.4 Å². The molecule has 1 aromatic rings. The summed E-state index contributed by atoms with van der Waals surface area (Å²) in [5.41, 5.74) is 0.404. The van der Waals surface area contributed by atoms with Gasteiger partial charge in [0.15, 0.2) is 12.7 Å². The van der Waals surface area contributed by atoms with Crippen LogP contribution < -0.4 is 9.47 Å². The number of likely N-dealkylation sites (tertiary alicyclic amines) is 3. The van der Waals surface area contributed by atoms with Gasteiger partial charge in [0.25, 0.3) is 5.91 Å². The Morgan fingerprint density at radius 1 is 1.14 bits per heavy atom. The van der Waals surface area contributed by atoms with E-state index in [0.717, 1.165) is 31.6 Å². The molecule has 3 fully saturated rings. The zero-order valence-electron chi connectivity index (χ0n) is 20.4. The van der Waals surface area contributed by atoms with Gasteiger partial charge in [-0.2, -0.15) is 13.2 Å². The number of nitrogens with zero attached hydrogens (tertiary/aromatic N) is 5. The van der Waals surface area contributed by atoms with Crippen molar-refractivity contribution in [3.8, 4) is 11.6 Å². The van der Waals surface area contributed by atoms with Gasteiger partial charge in [-0.25, -0.2) is 9.98 Å². The van der Waals surface area contributed by atoms with Gasteiger partial charge in [-0.05, 0) is 31.4 Å². The van der Waals surface area contributed by atoms with Crippen LogP contribution in [0.2, 0.25) is 0 Å². The van der Waals surface area contributed by atoms with Gasteiger partial charge in [-0.1, -0.05) is 6.08 Å². The lowest BCUT2D eigenvalue weighted by atomic mass is 9.78. The van der Waals surface area contributed by atoms with E-state index in [4.69, 9.17) is 4.74 Å². The molecule has 5 heterocycles. The summed E-state index contributed by atoms with van der Waals surface area (Å²) in [4.78, 5) is 39.6. The molecular weight excluding hydrogens is 491 g/mol. The number of aromatic nitrogens is 1. The Balaban J connectivity index is 1.17. The fourth-order valence-corrected chi connectivity index (χ4v) is 5.07. The van der Waals surface area contributed by atoms with Crippen LogP contribution >= 0.6 is 0 Å². The Hall–Kier alpha value is -3.57. The van der Waals surface area contributed by atoms with Crippen LogP contribution in [-0.4, -0.2) is 89.8 Å². The van der Waals surface area contributed by atoms with Gasteiger partial charge in [0.05, 0.1) is 23.5 Å². The molecule has 4 aliphatic rings. The first kappa shape index (κ1) is 25.1. The van der Waals surface area contributed by atoms with E-state index in [2.05, 4.69) is 25.7 Å². The molecule has 0 N–H and O–H groups in total. The standard InChI is InChI=1S/C25H28F3N5O4/c1-31-11-9-24(23(31)35)14-32(15-24)20-5-3-2-4-17(12-29-20)33-10-8-19(22(33)34)37-18-6-7-21(30-13-18)36-16-25(26,27)28/h4-7,12-13,19H,2-3,8-11,14-16H2,1H3/t19-/m1/s1. The SMILES string of the molecule is CN1CCC2(CN(C3=CCCC=C(N4CC[C@@H](Oc5ccc(OCC(F)(F)F)nc5)C4=O)C=N3)C2)C1=O. The molecule has 5 rings (SSSR count). The lowest BCUT2D eigenvalue weighted by molar-refractivity contribution is -0.154. The van der Waals surface area contributed by atoms with Crippen LogP contribution in [-0.2, 0) is 9.59 Å². The fraction of sp³-hybridized carbons (Fsp3) is 0.520. The number of carbonyl (C=O) groups excluding carboxylic acids is 2. The van der Waals surface area contributed by atoms with Crippen LogP contribution in [0.15, 0.2) is 47.0 Å². The number of ether oxygens (including phenoxy) is 2. The first-order chi connectivity index (χ1) is 17.6. The summed E-state index contributed by atoms with van der Waals surface area (Å²) >= 11 is 0. The highest BCUT2D eigenvalue weighted by molar-refractivity contribution is 5.92. The molecular formula is C25H28F3N5O4. The maximum Gasteiger partial charge on any atom is 0.422 e. The Morgan fingerprint density at radius 3 is 2.59 bits per heavy atom. The summed E-state index contributed by atoms with van der Waals surface area (Å²) < 4.78 is 47.2. The quantitative estimate of drug-likeness (QED) is 0.575. The van der Waals surface area contributed by atoms with Crippen molar-refractivity contribution in [1.82, 2.24) is 19.7 Å². The second-order valence-electron chi connectivity index (χ2n) is 9.76.